The maximum Gasteiger partial charge on any atom is 0.220 e. The summed E-state index contributed by atoms with van der Waals surface area (Å²) in [6.07, 6.45) is 58.1. The zero-order valence-corrected chi connectivity index (χ0v) is 56.7. The van der Waals surface area contributed by atoms with E-state index in [1.807, 2.05) is 6.08 Å². The summed E-state index contributed by atoms with van der Waals surface area (Å²) in [7, 11) is 0. The normalized spacial score (nSPS) is 23.2. The van der Waals surface area contributed by atoms with Crippen LogP contribution in [0.5, 0.6) is 0 Å². The predicted octanol–water partition coefficient (Wildman–Crippen LogP) is 15.9. The number of aliphatic hydroxyl groups is 8. The lowest BCUT2D eigenvalue weighted by molar-refractivity contribution is -0.359. The second-order valence-electron chi connectivity index (χ2n) is 26.8. The minimum Gasteiger partial charge on any atom is -0.394 e. The van der Waals surface area contributed by atoms with Crippen LogP contribution >= 0.6 is 0 Å². The van der Waals surface area contributed by atoms with E-state index < -0.39 is 86.8 Å². The van der Waals surface area contributed by atoms with Crippen molar-refractivity contribution in [2.24, 2.45) is 0 Å². The number of hydrogen-bond donors (Lipinski definition) is 9. The topological polar surface area (TPSA) is 228 Å². The van der Waals surface area contributed by atoms with Crippen molar-refractivity contribution in [2.75, 3.05) is 19.8 Å². The molecule has 2 fully saturated rings. The Morgan fingerprint density at radius 3 is 1.08 bits per heavy atom. The average molecular weight is 1250 g/mol. The molecule has 0 saturated carbocycles. The van der Waals surface area contributed by atoms with Gasteiger partial charge in [0.1, 0.15) is 48.8 Å². The number of amides is 1. The molecule has 14 nitrogen and oxygen atoms in total. The highest BCUT2D eigenvalue weighted by Crippen LogP contribution is 2.30. The maximum atomic E-state index is 13.4. The Morgan fingerprint density at radius 2 is 0.716 bits per heavy atom. The Balaban J connectivity index is 1.65. The lowest BCUT2D eigenvalue weighted by Crippen LogP contribution is -2.65. The molecule has 2 aliphatic rings. The number of hydrogen-bond acceptors (Lipinski definition) is 13. The van der Waals surface area contributed by atoms with Crippen LogP contribution in [0.4, 0.5) is 0 Å². The maximum absolute atomic E-state index is 13.4. The molecule has 0 aliphatic carbocycles. The van der Waals surface area contributed by atoms with Crippen LogP contribution in [-0.4, -0.2) is 140 Å². The van der Waals surface area contributed by atoms with E-state index in [0.717, 1.165) is 38.5 Å². The number of unbranched alkanes of at least 4 members (excludes halogenated alkanes) is 48. The predicted molar refractivity (Wildman–Crippen MR) is 360 cm³/mol. The Bertz CT molecular complexity index is 1570. The number of nitrogens with one attached hydrogen (secondary N) is 1. The lowest BCUT2D eigenvalue weighted by Gasteiger charge is -2.46. The number of carbonyl (C=O) groups is 1. The highest BCUT2D eigenvalue weighted by Gasteiger charge is 2.51. The quantitative estimate of drug-likeness (QED) is 0.0204. The van der Waals surface area contributed by atoms with Gasteiger partial charge in [-0.1, -0.05) is 321 Å². The third kappa shape index (κ3) is 42.6. The molecule has 12 atom stereocenters. The molecule has 0 radical (unpaired) electrons. The van der Waals surface area contributed by atoms with E-state index in [-0.39, 0.29) is 18.9 Å². The Morgan fingerprint density at radius 1 is 0.398 bits per heavy atom. The third-order valence-electron chi connectivity index (χ3n) is 18.6. The Kier molecular flexibility index (Phi) is 55.6. The largest absolute Gasteiger partial charge is 0.394 e. The van der Waals surface area contributed by atoms with Gasteiger partial charge in [0.25, 0.3) is 0 Å². The molecular formula is C74H141NO13. The molecular weight excluding hydrogens is 1110 g/mol. The molecule has 0 bridgehead atoms. The van der Waals surface area contributed by atoms with Crippen LogP contribution in [0.2, 0.25) is 0 Å². The van der Waals surface area contributed by atoms with Crippen molar-refractivity contribution in [3.8, 4) is 0 Å². The van der Waals surface area contributed by atoms with Gasteiger partial charge in [0.2, 0.25) is 5.91 Å². The summed E-state index contributed by atoms with van der Waals surface area (Å²) in [6, 6.07) is -0.914. The highest BCUT2D eigenvalue weighted by atomic mass is 16.7. The summed E-state index contributed by atoms with van der Waals surface area (Å²) in [6.45, 7) is 2.86. The van der Waals surface area contributed by atoms with Crippen molar-refractivity contribution < 1.29 is 64.6 Å². The van der Waals surface area contributed by atoms with Crippen molar-refractivity contribution in [3.05, 3.63) is 24.3 Å². The summed E-state index contributed by atoms with van der Waals surface area (Å²) >= 11 is 0. The van der Waals surface area contributed by atoms with E-state index >= 15 is 0 Å². The number of ether oxygens (including phenoxy) is 4. The first kappa shape index (κ1) is 82.6. The molecule has 1 amide bonds. The van der Waals surface area contributed by atoms with Gasteiger partial charge in [-0.3, -0.25) is 4.79 Å². The van der Waals surface area contributed by atoms with Gasteiger partial charge in [-0.15, -0.1) is 0 Å². The van der Waals surface area contributed by atoms with Crippen molar-refractivity contribution in [1.82, 2.24) is 5.32 Å². The van der Waals surface area contributed by atoms with Crippen LogP contribution < -0.4 is 5.32 Å². The molecule has 2 rings (SSSR count). The SMILES string of the molecule is CCCCCCCCCC/C=C\CCCCCCCCCCCCCCCC(=O)NC(COC1OC(CO)C(OC2OC(CO)C(O)C(O)C2O)C(O)C1O)C(O)/C=C/CCCCCCCCCCCCCCCCCCCCCCCCCCCCC. The molecule has 2 saturated heterocycles. The van der Waals surface area contributed by atoms with E-state index in [0.29, 0.717) is 6.42 Å². The minimum absolute atomic E-state index is 0.233. The van der Waals surface area contributed by atoms with E-state index in [1.54, 1.807) is 6.08 Å². The number of rotatable bonds is 63. The van der Waals surface area contributed by atoms with Gasteiger partial charge in [0.15, 0.2) is 12.6 Å². The van der Waals surface area contributed by atoms with Crippen molar-refractivity contribution >= 4 is 5.91 Å². The molecule has 9 N–H and O–H groups in total. The van der Waals surface area contributed by atoms with Gasteiger partial charge in [0, 0.05) is 6.42 Å². The van der Waals surface area contributed by atoms with Crippen molar-refractivity contribution in [2.45, 2.75) is 421 Å². The van der Waals surface area contributed by atoms with Gasteiger partial charge < -0.3 is 65.1 Å². The molecule has 520 valence electrons. The molecule has 0 aromatic rings. The number of aliphatic hydroxyl groups excluding tert-OH is 8. The number of carbonyl (C=O) groups excluding carboxylic acids is 1. The van der Waals surface area contributed by atoms with Crippen LogP contribution in [0.3, 0.4) is 0 Å². The summed E-state index contributed by atoms with van der Waals surface area (Å²) in [5.41, 5.74) is 0. The fourth-order valence-corrected chi connectivity index (χ4v) is 12.6. The third-order valence-corrected chi connectivity index (χ3v) is 18.6. The monoisotopic (exact) mass is 1250 g/mol. The summed E-state index contributed by atoms with van der Waals surface area (Å²) < 4.78 is 22.9. The second-order valence-corrected chi connectivity index (χ2v) is 26.8. The summed E-state index contributed by atoms with van der Waals surface area (Å²) in [5.74, 6) is -0.233. The van der Waals surface area contributed by atoms with E-state index in [9.17, 15) is 45.6 Å². The first-order valence-corrected chi connectivity index (χ1v) is 37.6. The second kappa shape index (κ2) is 59.2. The molecule has 2 aliphatic heterocycles. The summed E-state index contributed by atoms with van der Waals surface area (Å²) in [5, 5.41) is 87.6. The minimum atomic E-state index is -1.79. The average Bonchev–Trinajstić information content (AvgIpc) is 2.07. The fraction of sp³-hybridized carbons (Fsp3) is 0.932. The van der Waals surface area contributed by atoms with Crippen molar-refractivity contribution in [1.29, 1.82) is 0 Å². The molecule has 0 aromatic heterocycles. The Hall–Kier alpha value is -1.53. The van der Waals surface area contributed by atoms with Gasteiger partial charge in [-0.2, -0.15) is 0 Å². The van der Waals surface area contributed by atoms with Crippen LogP contribution in [0.25, 0.3) is 0 Å². The van der Waals surface area contributed by atoms with Gasteiger partial charge in [0.05, 0.1) is 32.0 Å². The molecule has 12 unspecified atom stereocenters. The molecule has 0 spiro atoms. The smallest absolute Gasteiger partial charge is 0.220 e. The highest BCUT2D eigenvalue weighted by molar-refractivity contribution is 5.76. The van der Waals surface area contributed by atoms with E-state index in [2.05, 4.69) is 31.3 Å². The van der Waals surface area contributed by atoms with Crippen LogP contribution in [0.1, 0.15) is 348 Å². The summed E-state index contributed by atoms with van der Waals surface area (Å²) in [4.78, 5) is 13.4. The zero-order chi connectivity index (χ0) is 63.8. The standard InChI is InChI=1S/C74H141NO13/c1-3-5-7-9-11-13-15-17-19-21-23-25-27-29-30-31-32-34-35-37-39-41-43-45-47-49-51-53-55-57-63(78)62(61-85-73-71(84)69(82)72(65(60-77)87-73)88-74-70(83)68(81)67(80)64(59-76)86-74)75-66(79)58-56-54-52-50-48-46-44-42-40-38-36-33-28-26-24-22-20-18-16-14-12-10-8-6-4-2/h22,24,55,57,62-65,67-74,76-78,80-84H,3-21,23,25-54,56,58-61H2,1-2H3,(H,75,79)/b24-22-,57-55+. The molecule has 14 heteroatoms. The molecule has 2 heterocycles. The van der Waals surface area contributed by atoms with Crippen LogP contribution in [0, 0.1) is 0 Å². The van der Waals surface area contributed by atoms with E-state index in [1.165, 1.54) is 283 Å². The van der Waals surface area contributed by atoms with E-state index in [4.69, 9.17) is 18.9 Å². The number of allylic oxidation sites excluding steroid dienone is 3. The van der Waals surface area contributed by atoms with Crippen LogP contribution in [0.15, 0.2) is 24.3 Å². The molecule has 0 aromatic carbocycles. The van der Waals surface area contributed by atoms with Gasteiger partial charge in [-0.05, 0) is 44.9 Å². The van der Waals surface area contributed by atoms with Crippen molar-refractivity contribution in [3.63, 3.8) is 0 Å². The Labute approximate surface area is 539 Å². The zero-order valence-electron chi connectivity index (χ0n) is 56.7. The van der Waals surface area contributed by atoms with Gasteiger partial charge in [-0.25, -0.2) is 0 Å². The first-order chi connectivity index (χ1) is 43.1. The first-order valence-electron chi connectivity index (χ1n) is 37.6. The van der Waals surface area contributed by atoms with Crippen LogP contribution in [-0.2, 0) is 23.7 Å². The lowest BCUT2D eigenvalue weighted by atomic mass is 9.97. The molecule has 88 heavy (non-hydrogen) atoms. The van der Waals surface area contributed by atoms with Gasteiger partial charge >= 0.3 is 0 Å². The fourth-order valence-electron chi connectivity index (χ4n) is 12.6.